The molecule has 5 aromatic rings. The van der Waals surface area contributed by atoms with Gasteiger partial charge in [0.15, 0.2) is 11.8 Å². The first kappa shape index (κ1) is 24.4. The average molecular weight is 518 g/mol. The standard InChI is InChI=1S/C28H29F2N7O/c29-19-5-3-18(4-6-19)9-11-31-12-13-37-15-24(21-14-20(30)7-8-23(21)37)38-27(22-2-1-10-32-22)25-26-28(35-16-33-25)36-17-34-26/h3-8,14-17,22,27,31-32H,1-2,9-13H2,(H,33,34,35,36)/t22?,27-/m1/s1. The topological polar surface area (TPSA) is 92.7 Å². The van der Waals surface area contributed by atoms with Crippen molar-refractivity contribution in [3.63, 3.8) is 0 Å². The second kappa shape index (κ2) is 10.8. The zero-order chi connectivity index (χ0) is 25.9. The lowest BCUT2D eigenvalue weighted by Gasteiger charge is -2.24. The number of benzene rings is 2. The fourth-order valence-corrected chi connectivity index (χ4v) is 5.15. The molecule has 0 aliphatic carbocycles. The number of nitrogens with zero attached hydrogens (tertiary/aromatic N) is 4. The van der Waals surface area contributed by atoms with E-state index in [1.165, 1.54) is 30.6 Å². The van der Waals surface area contributed by atoms with Gasteiger partial charge in [0, 0.05) is 24.7 Å². The zero-order valence-corrected chi connectivity index (χ0v) is 20.8. The Morgan fingerprint density at radius 2 is 1.92 bits per heavy atom. The number of hydrogen-bond donors (Lipinski definition) is 3. The minimum Gasteiger partial charge on any atom is -0.480 e. The largest absolute Gasteiger partial charge is 0.480 e. The number of rotatable bonds is 10. The van der Waals surface area contributed by atoms with E-state index in [1.54, 1.807) is 24.5 Å². The Balaban J connectivity index is 1.22. The molecule has 3 aromatic heterocycles. The first-order chi connectivity index (χ1) is 18.7. The highest BCUT2D eigenvalue weighted by Crippen LogP contribution is 2.36. The van der Waals surface area contributed by atoms with E-state index in [9.17, 15) is 8.78 Å². The van der Waals surface area contributed by atoms with Crippen molar-refractivity contribution in [3.05, 3.63) is 84.2 Å². The summed E-state index contributed by atoms with van der Waals surface area (Å²) in [6, 6.07) is 11.4. The Morgan fingerprint density at radius 3 is 2.76 bits per heavy atom. The van der Waals surface area contributed by atoms with Crippen LogP contribution >= 0.6 is 0 Å². The second-order valence-corrected chi connectivity index (χ2v) is 9.57. The van der Waals surface area contributed by atoms with E-state index in [0.717, 1.165) is 50.0 Å². The maximum absolute atomic E-state index is 14.3. The molecule has 4 heterocycles. The van der Waals surface area contributed by atoms with Gasteiger partial charge in [0.2, 0.25) is 0 Å². The third-order valence-corrected chi connectivity index (χ3v) is 7.07. The van der Waals surface area contributed by atoms with Crippen LogP contribution in [-0.2, 0) is 13.0 Å². The Morgan fingerprint density at radius 1 is 1.05 bits per heavy atom. The fourth-order valence-electron chi connectivity index (χ4n) is 5.15. The van der Waals surface area contributed by atoms with Gasteiger partial charge in [-0.3, -0.25) is 0 Å². The van der Waals surface area contributed by atoms with Crippen LogP contribution in [0.4, 0.5) is 8.78 Å². The number of hydrogen-bond acceptors (Lipinski definition) is 6. The molecule has 1 aliphatic rings. The second-order valence-electron chi connectivity index (χ2n) is 9.57. The highest BCUT2D eigenvalue weighted by molar-refractivity contribution is 5.87. The third kappa shape index (κ3) is 5.09. The predicted molar refractivity (Wildman–Crippen MR) is 141 cm³/mol. The van der Waals surface area contributed by atoms with Gasteiger partial charge in [-0.25, -0.2) is 23.7 Å². The third-order valence-electron chi connectivity index (χ3n) is 7.07. The molecule has 1 unspecified atom stereocenters. The summed E-state index contributed by atoms with van der Waals surface area (Å²) in [4.78, 5) is 16.3. The van der Waals surface area contributed by atoms with E-state index in [1.807, 2.05) is 6.20 Å². The number of H-pyrrole nitrogens is 1. The summed E-state index contributed by atoms with van der Waals surface area (Å²) in [5.41, 5.74) is 4.01. The molecule has 1 saturated heterocycles. The lowest BCUT2D eigenvalue weighted by molar-refractivity contribution is 0.162. The van der Waals surface area contributed by atoms with Crippen LogP contribution < -0.4 is 15.4 Å². The number of ether oxygens (including phenoxy) is 1. The van der Waals surface area contributed by atoms with Gasteiger partial charge in [0.1, 0.15) is 34.9 Å². The number of aromatic nitrogens is 5. The van der Waals surface area contributed by atoms with Gasteiger partial charge in [-0.05, 0) is 68.2 Å². The summed E-state index contributed by atoms with van der Waals surface area (Å²) in [6.07, 6.45) is 7.43. The van der Waals surface area contributed by atoms with Crippen LogP contribution in [0.5, 0.6) is 5.75 Å². The molecule has 2 aromatic carbocycles. The van der Waals surface area contributed by atoms with E-state index in [2.05, 4.69) is 35.1 Å². The van der Waals surface area contributed by atoms with Crippen LogP contribution in [0.25, 0.3) is 22.1 Å². The molecule has 1 aliphatic heterocycles. The molecule has 6 rings (SSSR count). The number of nitrogens with one attached hydrogen (secondary N) is 3. The van der Waals surface area contributed by atoms with Crippen LogP contribution in [0.1, 0.15) is 30.2 Å². The van der Waals surface area contributed by atoms with Gasteiger partial charge in [-0.15, -0.1) is 0 Å². The quantitative estimate of drug-likeness (QED) is 0.240. The van der Waals surface area contributed by atoms with Crippen LogP contribution in [-0.4, -0.2) is 50.2 Å². The molecule has 0 amide bonds. The summed E-state index contributed by atoms with van der Waals surface area (Å²) in [7, 11) is 0. The Hall–Kier alpha value is -3.89. The van der Waals surface area contributed by atoms with Gasteiger partial charge in [-0.1, -0.05) is 12.1 Å². The molecule has 38 heavy (non-hydrogen) atoms. The molecule has 196 valence electrons. The molecule has 1 fully saturated rings. The lowest BCUT2D eigenvalue weighted by atomic mass is 10.0. The van der Waals surface area contributed by atoms with Gasteiger partial charge in [-0.2, -0.15) is 0 Å². The van der Waals surface area contributed by atoms with E-state index in [4.69, 9.17) is 4.74 Å². The van der Waals surface area contributed by atoms with Gasteiger partial charge in [0.05, 0.1) is 17.9 Å². The number of imidazole rings is 1. The minimum atomic E-state index is -0.414. The van der Waals surface area contributed by atoms with Crippen molar-refractivity contribution in [2.45, 2.75) is 38.0 Å². The Bertz CT molecular complexity index is 1530. The van der Waals surface area contributed by atoms with Crippen LogP contribution in [0.15, 0.2) is 61.3 Å². The summed E-state index contributed by atoms with van der Waals surface area (Å²) in [5.74, 6) is 0.0618. The van der Waals surface area contributed by atoms with Crippen molar-refractivity contribution in [2.75, 3.05) is 19.6 Å². The highest BCUT2D eigenvalue weighted by atomic mass is 19.1. The highest BCUT2D eigenvalue weighted by Gasteiger charge is 2.32. The molecule has 0 radical (unpaired) electrons. The van der Waals surface area contributed by atoms with E-state index >= 15 is 0 Å². The van der Waals surface area contributed by atoms with E-state index in [0.29, 0.717) is 34.5 Å². The summed E-state index contributed by atoms with van der Waals surface area (Å²) in [5, 5.41) is 7.69. The maximum atomic E-state index is 14.3. The molecule has 8 nitrogen and oxygen atoms in total. The van der Waals surface area contributed by atoms with Crippen LogP contribution in [0.2, 0.25) is 0 Å². The van der Waals surface area contributed by atoms with Crippen molar-refractivity contribution in [1.29, 1.82) is 0 Å². The van der Waals surface area contributed by atoms with E-state index in [-0.39, 0.29) is 17.7 Å². The van der Waals surface area contributed by atoms with Crippen molar-refractivity contribution < 1.29 is 13.5 Å². The molecule has 0 saturated carbocycles. The van der Waals surface area contributed by atoms with Crippen molar-refractivity contribution in [2.24, 2.45) is 0 Å². The van der Waals surface area contributed by atoms with Gasteiger partial charge < -0.3 is 24.9 Å². The average Bonchev–Trinajstić information content (AvgIpc) is 3.69. The normalized spacial score (nSPS) is 16.4. The SMILES string of the molecule is Fc1ccc(CCNCCn2cc(O[C@@H](c3ncnc4[nH]cnc34)C3CCCN3)c3cc(F)ccc32)cc1. The summed E-state index contributed by atoms with van der Waals surface area (Å²) < 4.78 is 36.2. The van der Waals surface area contributed by atoms with Gasteiger partial charge in [0.25, 0.3) is 0 Å². The summed E-state index contributed by atoms with van der Waals surface area (Å²) >= 11 is 0. The minimum absolute atomic E-state index is 0.0462. The predicted octanol–water partition coefficient (Wildman–Crippen LogP) is 4.29. The first-order valence-corrected chi connectivity index (χ1v) is 12.9. The monoisotopic (exact) mass is 517 g/mol. The number of halogens is 2. The molecule has 0 bridgehead atoms. The summed E-state index contributed by atoms with van der Waals surface area (Å²) in [6.45, 7) is 3.07. The lowest BCUT2D eigenvalue weighted by Crippen LogP contribution is -2.33. The van der Waals surface area contributed by atoms with E-state index < -0.39 is 6.10 Å². The zero-order valence-electron chi connectivity index (χ0n) is 20.8. The Labute approximate surface area is 218 Å². The van der Waals surface area contributed by atoms with Crippen molar-refractivity contribution >= 4 is 22.1 Å². The maximum Gasteiger partial charge on any atom is 0.160 e. The van der Waals surface area contributed by atoms with Crippen LogP contribution in [0.3, 0.4) is 0 Å². The molecule has 3 N–H and O–H groups in total. The first-order valence-electron chi connectivity index (χ1n) is 12.9. The molecule has 10 heteroatoms. The fraction of sp³-hybridized carbons (Fsp3) is 0.321. The number of aromatic amines is 1. The molecular weight excluding hydrogens is 488 g/mol. The molecule has 2 atom stereocenters. The smallest absolute Gasteiger partial charge is 0.160 e. The van der Waals surface area contributed by atoms with Crippen LogP contribution in [0, 0.1) is 11.6 Å². The number of fused-ring (bicyclic) bond motifs is 2. The molecular formula is C28H29F2N7O. The van der Waals surface area contributed by atoms with Crippen molar-refractivity contribution in [3.8, 4) is 5.75 Å². The van der Waals surface area contributed by atoms with Crippen molar-refractivity contribution in [1.82, 2.24) is 35.1 Å². The Kier molecular flexibility index (Phi) is 6.98. The van der Waals surface area contributed by atoms with Gasteiger partial charge >= 0.3 is 0 Å². The molecule has 0 spiro atoms.